The summed E-state index contributed by atoms with van der Waals surface area (Å²) in [4.78, 5) is 12.7. The zero-order chi connectivity index (χ0) is 34.2. The van der Waals surface area contributed by atoms with E-state index < -0.39 is 0 Å². The molecular weight excluding hydrogens is 588 g/mol. The van der Waals surface area contributed by atoms with E-state index in [1.165, 1.54) is 154 Å². The van der Waals surface area contributed by atoms with Crippen LogP contribution in [-0.2, 0) is 0 Å². The Bertz CT molecular complexity index is 1020. The number of carbonyl (C=O) groups is 1. The molecule has 0 aliphatic carbocycles. The molecule has 0 fully saturated rings. The van der Waals surface area contributed by atoms with Gasteiger partial charge in [0.1, 0.15) is 11.5 Å². The summed E-state index contributed by atoms with van der Waals surface area (Å²) >= 11 is 0. The van der Waals surface area contributed by atoms with Crippen LogP contribution in [0.5, 0.6) is 11.5 Å². The average Bonchev–Trinajstić information content (AvgIpc) is 3.11. The number of carbonyl (C=O) groups excluding carboxylic acids is 1. The van der Waals surface area contributed by atoms with Crippen molar-refractivity contribution in [2.75, 3.05) is 13.2 Å². The first-order chi connectivity index (χ1) is 23.7. The number of hydrogen-bond donors (Lipinski definition) is 0. The molecule has 0 saturated carbocycles. The van der Waals surface area contributed by atoms with E-state index in [0.29, 0.717) is 5.56 Å². The lowest BCUT2D eigenvalue weighted by Gasteiger charge is -2.07. The monoisotopic (exact) mass is 661 g/mol. The van der Waals surface area contributed by atoms with Gasteiger partial charge in [-0.1, -0.05) is 186 Å². The highest BCUT2D eigenvalue weighted by atomic mass is 16.5. The highest BCUT2D eigenvalue weighted by Crippen LogP contribution is 2.18. The van der Waals surface area contributed by atoms with Gasteiger partial charge in [0.2, 0.25) is 0 Å². The molecule has 0 atom stereocenters. The molecule has 0 aromatic heterocycles. The molecule has 270 valence electrons. The van der Waals surface area contributed by atoms with Gasteiger partial charge in [0.25, 0.3) is 0 Å². The molecule has 2 aromatic carbocycles. The summed E-state index contributed by atoms with van der Waals surface area (Å²) in [5.41, 5.74) is 1.67. The van der Waals surface area contributed by atoms with Crippen LogP contribution in [-0.4, -0.2) is 19.0 Å². The SMILES string of the molecule is CCCCCCCCCCCCCCCCOc1ccc(C(=O)/C=C/c2ccc(OCCCCCCCCCCCCCC)cc2)cc1. The predicted octanol–water partition coefficient (Wildman–Crippen LogP) is 14.5. The molecule has 0 heterocycles. The molecular formula is C45H72O3. The summed E-state index contributed by atoms with van der Waals surface area (Å²) in [6.45, 7) is 6.07. The molecule has 2 rings (SSSR count). The van der Waals surface area contributed by atoms with E-state index in [-0.39, 0.29) is 5.78 Å². The van der Waals surface area contributed by atoms with E-state index >= 15 is 0 Å². The third-order valence-corrected chi connectivity index (χ3v) is 9.48. The zero-order valence-corrected chi connectivity index (χ0v) is 31.3. The summed E-state index contributed by atoms with van der Waals surface area (Å²) in [5, 5.41) is 0. The number of benzene rings is 2. The lowest BCUT2D eigenvalue weighted by molar-refractivity contribution is 0.104. The molecule has 0 saturated heterocycles. The van der Waals surface area contributed by atoms with Gasteiger partial charge in [0.15, 0.2) is 5.78 Å². The Balaban J connectivity index is 1.46. The largest absolute Gasteiger partial charge is 0.494 e. The van der Waals surface area contributed by atoms with E-state index in [4.69, 9.17) is 9.47 Å². The van der Waals surface area contributed by atoms with Gasteiger partial charge in [-0.3, -0.25) is 4.79 Å². The van der Waals surface area contributed by atoms with Crippen molar-refractivity contribution >= 4 is 11.9 Å². The van der Waals surface area contributed by atoms with Gasteiger partial charge >= 0.3 is 0 Å². The van der Waals surface area contributed by atoms with Crippen molar-refractivity contribution in [2.45, 2.75) is 181 Å². The predicted molar refractivity (Wildman–Crippen MR) is 209 cm³/mol. The molecule has 3 nitrogen and oxygen atoms in total. The first kappa shape index (κ1) is 41.6. The summed E-state index contributed by atoms with van der Waals surface area (Å²) in [7, 11) is 0. The van der Waals surface area contributed by atoms with Crippen molar-refractivity contribution in [3.05, 3.63) is 65.7 Å². The summed E-state index contributed by atoms with van der Waals surface area (Å²) in [6, 6.07) is 15.6. The molecule has 0 spiro atoms. The van der Waals surface area contributed by atoms with Gasteiger partial charge in [0, 0.05) is 5.56 Å². The Morgan fingerprint density at radius 1 is 0.438 bits per heavy atom. The number of unbranched alkanes of at least 4 members (excludes halogenated alkanes) is 24. The van der Waals surface area contributed by atoms with Gasteiger partial charge in [-0.05, 0) is 60.9 Å². The minimum Gasteiger partial charge on any atom is -0.494 e. The van der Waals surface area contributed by atoms with Crippen LogP contribution in [0.4, 0.5) is 0 Å². The number of ether oxygens (including phenoxy) is 2. The van der Waals surface area contributed by atoms with E-state index in [1.807, 2.05) is 54.6 Å². The number of ketones is 1. The second-order valence-corrected chi connectivity index (χ2v) is 14.0. The van der Waals surface area contributed by atoms with Crippen molar-refractivity contribution in [2.24, 2.45) is 0 Å². The fourth-order valence-corrected chi connectivity index (χ4v) is 6.28. The van der Waals surface area contributed by atoms with Crippen LogP contribution in [0.1, 0.15) is 197 Å². The summed E-state index contributed by atoms with van der Waals surface area (Å²) in [5.74, 6) is 1.73. The van der Waals surface area contributed by atoms with Gasteiger partial charge in [-0.15, -0.1) is 0 Å². The maximum atomic E-state index is 12.7. The van der Waals surface area contributed by atoms with Crippen LogP contribution in [0.15, 0.2) is 54.6 Å². The van der Waals surface area contributed by atoms with Gasteiger partial charge in [0.05, 0.1) is 13.2 Å². The smallest absolute Gasteiger partial charge is 0.185 e. The molecule has 48 heavy (non-hydrogen) atoms. The third-order valence-electron chi connectivity index (χ3n) is 9.48. The molecule has 0 unspecified atom stereocenters. The van der Waals surface area contributed by atoms with E-state index in [2.05, 4.69) is 13.8 Å². The Labute approximate surface area is 296 Å². The first-order valence-electron chi connectivity index (χ1n) is 20.4. The van der Waals surface area contributed by atoms with Crippen molar-refractivity contribution in [3.8, 4) is 11.5 Å². The molecule has 0 bridgehead atoms. The minimum atomic E-state index is 0.000763. The maximum Gasteiger partial charge on any atom is 0.185 e. The zero-order valence-electron chi connectivity index (χ0n) is 31.3. The van der Waals surface area contributed by atoms with Crippen molar-refractivity contribution in [1.82, 2.24) is 0 Å². The Morgan fingerprint density at radius 2 is 0.750 bits per heavy atom. The number of allylic oxidation sites excluding steroid dienone is 1. The second kappa shape index (κ2) is 30.5. The van der Waals surface area contributed by atoms with Gasteiger partial charge < -0.3 is 9.47 Å². The standard InChI is InChI=1S/C45H72O3/c1-3-5-7-9-11-13-15-17-18-20-22-24-26-28-40-48-44-36-32-42(33-37-44)45(46)38-31-41-29-34-43(35-30-41)47-39-27-25-23-21-19-16-14-12-10-8-6-4-2/h29-38H,3-28,39-40H2,1-2H3/b38-31+. The minimum absolute atomic E-state index is 0.000763. The van der Waals surface area contributed by atoms with Crippen molar-refractivity contribution < 1.29 is 14.3 Å². The molecule has 2 aromatic rings. The van der Waals surface area contributed by atoms with Gasteiger partial charge in [-0.25, -0.2) is 0 Å². The van der Waals surface area contributed by atoms with Crippen LogP contribution in [0.2, 0.25) is 0 Å². The van der Waals surface area contributed by atoms with Crippen LogP contribution < -0.4 is 9.47 Å². The Morgan fingerprint density at radius 3 is 1.10 bits per heavy atom. The van der Waals surface area contributed by atoms with E-state index in [1.54, 1.807) is 6.08 Å². The third kappa shape index (κ3) is 22.9. The number of rotatable bonds is 33. The molecule has 3 heteroatoms. The Hall–Kier alpha value is -2.55. The van der Waals surface area contributed by atoms with Crippen molar-refractivity contribution in [3.63, 3.8) is 0 Å². The normalized spacial score (nSPS) is 11.4. The fourth-order valence-electron chi connectivity index (χ4n) is 6.28. The molecule has 0 aliphatic rings. The summed E-state index contributed by atoms with van der Waals surface area (Å²) in [6.07, 6.45) is 38.7. The van der Waals surface area contributed by atoms with Crippen molar-refractivity contribution in [1.29, 1.82) is 0 Å². The topological polar surface area (TPSA) is 35.5 Å². The quantitative estimate of drug-likeness (QED) is 0.0434. The molecule has 0 aliphatic heterocycles. The van der Waals surface area contributed by atoms with Gasteiger partial charge in [-0.2, -0.15) is 0 Å². The molecule has 0 amide bonds. The average molecular weight is 661 g/mol. The molecule has 0 N–H and O–H groups in total. The maximum absolute atomic E-state index is 12.7. The first-order valence-corrected chi connectivity index (χ1v) is 20.4. The highest BCUT2D eigenvalue weighted by Gasteiger charge is 2.03. The fraction of sp³-hybridized carbons (Fsp3) is 0.667. The van der Waals surface area contributed by atoms with Crippen LogP contribution >= 0.6 is 0 Å². The number of hydrogen-bond acceptors (Lipinski definition) is 3. The van der Waals surface area contributed by atoms with Crippen LogP contribution in [0, 0.1) is 0 Å². The molecule has 0 radical (unpaired) electrons. The second-order valence-electron chi connectivity index (χ2n) is 14.0. The lowest BCUT2D eigenvalue weighted by Crippen LogP contribution is -1.99. The van der Waals surface area contributed by atoms with Crippen LogP contribution in [0.3, 0.4) is 0 Å². The van der Waals surface area contributed by atoms with E-state index in [0.717, 1.165) is 43.1 Å². The summed E-state index contributed by atoms with van der Waals surface area (Å²) < 4.78 is 11.9. The van der Waals surface area contributed by atoms with Crippen LogP contribution in [0.25, 0.3) is 6.08 Å². The van der Waals surface area contributed by atoms with E-state index in [9.17, 15) is 4.79 Å². The lowest BCUT2D eigenvalue weighted by atomic mass is 10.0. The highest BCUT2D eigenvalue weighted by molar-refractivity contribution is 6.06. The Kier molecular flexibility index (Phi) is 26.4.